The number of alkyl halides is 2. The van der Waals surface area contributed by atoms with E-state index < -0.39 is 12.7 Å². The molecule has 0 aliphatic heterocycles. The van der Waals surface area contributed by atoms with Crippen molar-refractivity contribution >= 4 is 18.3 Å². The van der Waals surface area contributed by atoms with Gasteiger partial charge < -0.3 is 15.8 Å². The van der Waals surface area contributed by atoms with Crippen LogP contribution >= 0.6 is 12.4 Å². The van der Waals surface area contributed by atoms with Crippen molar-refractivity contribution in [1.29, 1.82) is 0 Å². The zero-order valence-corrected chi connectivity index (χ0v) is 11.3. The molecule has 3 N–H and O–H groups in total. The number of nitrogens with one attached hydrogen (secondary N) is 1. The molecule has 0 heterocycles. The summed E-state index contributed by atoms with van der Waals surface area (Å²) in [5, 5.41) is 2.57. The molecule has 0 aliphatic carbocycles. The van der Waals surface area contributed by atoms with Crippen LogP contribution in [0.1, 0.15) is 18.9 Å². The van der Waals surface area contributed by atoms with Gasteiger partial charge in [-0.3, -0.25) is 4.79 Å². The second-order valence-corrected chi connectivity index (χ2v) is 3.72. The molecule has 1 amide bonds. The molecule has 19 heavy (non-hydrogen) atoms. The van der Waals surface area contributed by atoms with Crippen LogP contribution in [-0.2, 0) is 11.3 Å². The minimum Gasteiger partial charge on any atom is -0.434 e. The van der Waals surface area contributed by atoms with E-state index in [-0.39, 0.29) is 30.6 Å². The van der Waals surface area contributed by atoms with Gasteiger partial charge >= 0.3 is 6.61 Å². The van der Waals surface area contributed by atoms with Crippen LogP contribution in [0.15, 0.2) is 24.3 Å². The number of rotatable bonds is 6. The first kappa shape index (κ1) is 17.6. The van der Waals surface area contributed by atoms with Gasteiger partial charge in [0.05, 0.1) is 6.04 Å². The molecule has 1 atom stereocenters. The molecule has 7 heteroatoms. The summed E-state index contributed by atoms with van der Waals surface area (Å²) in [5.41, 5.74) is 6.02. The Labute approximate surface area is 116 Å². The average molecular weight is 295 g/mol. The maximum absolute atomic E-state index is 12.2. The van der Waals surface area contributed by atoms with E-state index >= 15 is 0 Å². The molecule has 1 aromatic carbocycles. The molecule has 0 unspecified atom stereocenters. The summed E-state index contributed by atoms with van der Waals surface area (Å²) in [5.74, 6) is -0.262. The van der Waals surface area contributed by atoms with Crippen molar-refractivity contribution in [3.63, 3.8) is 0 Å². The monoisotopic (exact) mass is 294 g/mol. The van der Waals surface area contributed by atoms with Gasteiger partial charge in [0.1, 0.15) is 5.75 Å². The lowest BCUT2D eigenvalue weighted by molar-refractivity contribution is -0.122. The maximum atomic E-state index is 12.2. The van der Waals surface area contributed by atoms with E-state index in [9.17, 15) is 13.6 Å². The number of amides is 1. The Morgan fingerprint density at radius 3 is 2.63 bits per heavy atom. The molecule has 1 aromatic rings. The first-order valence-electron chi connectivity index (χ1n) is 5.60. The molecule has 0 aromatic heterocycles. The zero-order chi connectivity index (χ0) is 13.5. The largest absolute Gasteiger partial charge is 0.434 e. The number of benzene rings is 1. The fraction of sp³-hybridized carbons (Fsp3) is 0.417. The summed E-state index contributed by atoms with van der Waals surface area (Å²) >= 11 is 0. The lowest BCUT2D eigenvalue weighted by Gasteiger charge is -2.13. The molecule has 0 spiro atoms. The first-order valence-corrected chi connectivity index (χ1v) is 5.60. The summed E-state index contributed by atoms with van der Waals surface area (Å²) in [6.07, 6.45) is 0.515. The topological polar surface area (TPSA) is 64.4 Å². The summed E-state index contributed by atoms with van der Waals surface area (Å²) in [7, 11) is 0. The highest BCUT2D eigenvalue weighted by Crippen LogP contribution is 2.19. The number of carbonyl (C=O) groups excluding carboxylic acids is 1. The van der Waals surface area contributed by atoms with E-state index in [1.54, 1.807) is 25.1 Å². The molecule has 0 fully saturated rings. The van der Waals surface area contributed by atoms with Gasteiger partial charge in [0, 0.05) is 12.1 Å². The van der Waals surface area contributed by atoms with Crippen LogP contribution in [0.4, 0.5) is 8.78 Å². The summed E-state index contributed by atoms with van der Waals surface area (Å²) in [6.45, 7) is -0.993. The predicted octanol–water partition coefficient (Wildman–Crippen LogP) is 2.06. The number of para-hydroxylation sites is 1. The highest BCUT2D eigenvalue weighted by molar-refractivity contribution is 5.85. The fourth-order valence-electron chi connectivity index (χ4n) is 1.36. The Balaban J connectivity index is 0.00000324. The van der Waals surface area contributed by atoms with Crippen molar-refractivity contribution in [3.8, 4) is 5.75 Å². The smallest absolute Gasteiger partial charge is 0.387 e. The van der Waals surface area contributed by atoms with Crippen molar-refractivity contribution in [1.82, 2.24) is 5.32 Å². The van der Waals surface area contributed by atoms with Gasteiger partial charge in [-0.05, 0) is 12.5 Å². The van der Waals surface area contributed by atoms with E-state index in [0.29, 0.717) is 12.0 Å². The van der Waals surface area contributed by atoms with E-state index in [4.69, 9.17) is 5.73 Å². The Morgan fingerprint density at radius 1 is 1.42 bits per heavy atom. The molecule has 0 aliphatic rings. The average Bonchev–Trinajstić information content (AvgIpc) is 2.35. The SMILES string of the molecule is CC[C@H](N)C(=O)NCc1ccccc1OC(F)F.Cl. The molecule has 108 valence electrons. The summed E-state index contributed by atoms with van der Waals surface area (Å²) in [4.78, 5) is 11.5. The number of ether oxygens (including phenoxy) is 1. The van der Waals surface area contributed by atoms with E-state index in [0.717, 1.165) is 0 Å². The van der Waals surface area contributed by atoms with E-state index in [2.05, 4.69) is 10.1 Å². The van der Waals surface area contributed by atoms with Crippen molar-refractivity contribution in [3.05, 3.63) is 29.8 Å². The number of nitrogens with two attached hydrogens (primary N) is 1. The first-order chi connectivity index (χ1) is 8.54. The third-order valence-corrected chi connectivity index (χ3v) is 2.42. The van der Waals surface area contributed by atoms with Crippen LogP contribution in [0.25, 0.3) is 0 Å². The maximum Gasteiger partial charge on any atom is 0.387 e. The standard InChI is InChI=1S/C12H16F2N2O2.ClH/c1-2-9(15)11(17)16-7-8-5-3-4-6-10(8)18-12(13)14;/h3-6,9,12H,2,7,15H2,1H3,(H,16,17);1H/t9-;/m0./s1. The van der Waals surface area contributed by atoms with Crippen molar-refractivity contribution in [2.24, 2.45) is 5.73 Å². The quantitative estimate of drug-likeness (QED) is 0.844. The van der Waals surface area contributed by atoms with Crippen molar-refractivity contribution < 1.29 is 18.3 Å². The second kappa shape index (κ2) is 8.66. The molecule has 0 saturated carbocycles. The van der Waals surface area contributed by atoms with Crippen LogP contribution < -0.4 is 15.8 Å². The Hall–Kier alpha value is -1.40. The molecular weight excluding hydrogens is 278 g/mol. The third-order valence-electron chi connectivity index (χ3n) is 2.42. The van der Waals surface area contributed by atoms with E-state index in [1.165, 1.54) is 6.07 Å². The van der Waals surface area contributed by atoms with Crippen molar-refractivity contribution in [2.75, 3.05) is 0 Å². The van der Waals surface area contributed by atoms with Crippen LogP contribution in [0.5, 0.6) is 5.75 Å². The van der Waals surface area contributed by atoms with Crippen LogP contribution in [0.2, 0.25) is 0 Å². The highest BCUT2D eigenvalue weighted by atomic mass is 35.5. The normalized spacial score (nSPS) is 11.6. The third kappa shape index (κ3) is 5.85. The highest BCUT2D eigenvalue weighted by Gasteiger charge is 2.13. The Kier molecular flexibility index (Phi) is 8.02. The molecule has 0 saturated heterocycles. The number of hydrogen-bond acceptors (Lipinski definition) is 3. The number of carbonyl (C=O) groups is 1. The molecule has 1 rings (SSSR count). The summed E-state index contributed by atoms with van der Waals surface area (Å²) < 4.78 is 28.7. The summed E-state index contributed by atoms with van der Waals surface area (Å²) in [6, 6.07) is 5.71. The Bertz CT molecular complexity index is 405. The minimum atomic E-state index is -2.89. The molecule has 0 bridgehead atoms. The van der Waals surface area contributed by atoms with Gasteiger partial charge in [-0.1, -0.05) is 25.1 Å². The predicted molar refractivity (Wildman–Crippen MR) is 70.4 cm³/mol. The van der Waals surface area contributed by atoms with Gasteiger partial charge in [-0.25, -0.2) is 0 Å². The van der Waals surface area contributed by atoms with Gasteiger partial charge in [0.25, 0.3) is 0 Å². The van der Waals surface area contributed by atoms with E-state index in [1.807, 2.05) is 0 Å². The van der Waals surface area contributed by atoms with Crippen LogP contribution in [0.3, 0.4) is 0 Å². The number of halogens is 3. The van der Waals surface area contributed by atoms with Gasteiger partial charge in [-0.15, -0.1) is 12.4 Å². The van der Waals surface area contributed by atoms with Gasteiger partial charge in [-0.2, -0.15) is 8.78 Å². The second-order valence-electron chi connectivity index (χ2n) is 3.72. The van der Waals surface area contributed by atoms with Crippen LogP contribution in [0, 0.1) is 0 Å². The zero-order valence-electron chi connectivity index (χ0n) is 10.4. The lowest BCUT2D eigenvalue weighted by atomic mass is 10.2. The van der Waals surface area contributed by atoms with Gasteiger partial charge in [0.2, 0.25) is 5.91 Å². The number of hydrogen-bond donors (Lipinski definition) is 2. The molecule has 4 nitrogen and oxygen atoms in total. The Morgan fingerprint density at radius 2 is 2.05 bits per heavy atom. The van der Waals surface area contributed by atoms with Crippen LogP contribution in [-0.4, -0.2) is 18.6 Å². The molecule has 0 radical (unpaired) electrons. The minimum absolute atomic E-state index is 0. The van der Waals surface area contributed by atoms with Crippen molar-refractivity contribution in [2.45, 2.75) is 32.5 Å². The molecular formula is C12H17ClF2N2O2. The van der Waals surface area contributed by atoms with Gasteiger partial charge in [0.15, 0.2) is 0 Å². The lowest BCUT2D eigenvalue weighted by Crippen LogP contribution is -2.39. The fourth-order valence-corrected chi connectivity index (χ4v) is 1.36.